The van der Waals surface area contributed by atoms with Gasteiger partial charge in [-0.15, -0.1) is 0 Å². The molecular formula is C13H14O3. The van der Waals surface area contributed by atoms with Gasteiger partial charge in [0.2, 0.25) is 0 Å². The lowest BCUT2D eigenvalue weighted by Crippen LogP contribution is -2.17. The molecule has 0 aromatic heterocycles. The first-order valence-electron chi connectivity index (χ1n) is 5.69. The van der Waals surface area contributed by atoms with Crippen LogP contribution in [0.2, 0.25) is 0 Å². The lowest BCUT2D eigenvalue weighted by atomic mass is 10.1. The summed E-state index contributed by atoms with van der Waals surface area (Å²) in [5, 5.41) is 0. The Balaban J connectivity index is 1.50. The van der Waals surface area contributed by atoms with Gasteiger partial charge in [0.25, 0.3) is 0 Å². The quantitative estimate of drug-likeness (QED) is 0.574. The van der Waals surface area contributed by atoms with E-state index in [4.69, 9.17) is 9.47 Å². The predicted octanol–water partition coefficient (Wildman–Crippen LogP) is 1.91. The van der Waals surface area contributed by atoms with Crippen molar-refractivity contribution in [3.63, 3.8) is 0 Å². The van der Waals surface area contributed by atoms with E-state index in [0.29, 0.717) is 18.8 Å². The van der Waals surface area contributed by atoms with Crippen LogP contribution in [0, 0.1) is 5.92 Å². The lowest BCUT2D eigenvalue weighted by Gasteiger charge is -2.11. The Morgan fingerprint density at radius 1 is 1.25 bits per heavy atom. The first kappa shape index (κ1) is 9.85. The fourth-order valence-corrected chi connectivity index (χ4v) is 2.29. The van der Waals surface area contributed by atoms with Gasteiger partial charge in [0.05, 0.1) is 18.1 Å². The minimum atomic E-state index is -0.0698. The highest BCUT2D eigenvalue weighted by Crippen LogP contribution is 2.42. The van der Waals surface area contributed by atoms with Crippen LogP contribution in [0.1, 0.15) is 18.4 Å². The van der Waals surface area contributed by atoms with Crippen LogP contribution in [-0.2, 0) is 20.9 Å². The second-order valence-corrected chi connectivity index (χ2v) is 4.47. The topological polar surface area (TPSA) is 38.8 Å². The molecule has 1 saturated heterocycles. The van der Waals surface area contributed by atoms with Gasteiger partial charge in [0.15, 0.2) is 0 Å². The van der Waals surface area contributed by atoms with Crippen molar-refractivity contribution in [2.75, 3.05) is 0 Å². The highest BCUT2D eigenvalue weighted by atomic mass is 16.6. The number of ether oxygens (including phenoxy) is 2. The average Bonchev–Trinajstić information content (AvgIpc) is 2.94. The zero-order chi connectivity index (χ0) is 11.0. The standard InChI is InChI=1S/C13H14O3/c14-13(10-6-11-12(7-10)16-11)15-8-9-4-2-1-3-5-9/h1-5,10-12H,6-8H2/t10-,11+,12-. The molecule has 2 aliphatic rings. The molecule has 2 fully saturated rings. The van der Waals surface area contributed by atoms with Gasteiger partial charge < -0.3 is 9.47 Å². The number of benzene rings is 1. The van der Waals surface area contributed by atoms with Crippen LogP contribution in [0.3, 0.4) is 0 Å². The Hall–Kier alpha value is -1.35. The third kappa shape index (κ3) is 1.95. The van der Waals surface area contributed by atoms with E-state index in [0.717, 1.165) is 18.4 Å². The molecule has 1 aliphatic carbocycles. The Morgan fingerprint density at radius 2 is 1.94 bits per heavy atom. The maximum Gasteiger partial charge on any atom is 0.309 e. The SMILES string of the molecule is O=C(OCc1ccccc1)[C@@H]1C[C@@H]2O[C@@H]2C1. The molecule has 1 aliphatic heterocycles. The highest BCUT2D eigenvalue weighted by molar-refractivity contribution is 5.73. The molecular weight excluding hydrogens is 204 g/mol. The van der Waals surface area contributed by atoms with E-state index in [9.17, 15) is 4.79 Å². The van der Waals surface area contributed by atoms with Gasteiger partial charge in [0.1, 0.15) is 6.61 Å². The van der Waals surface area contributed by atoms with Crippen LogP contribution in [0.5, 0.6) is 0 Å². The van der Waals surface area contributed by atoms with Gasteiger partial charge in [-0.3, -0.25) is 4.79 Å². The molecule has 84 valence electrons. The molecule has 0 bridgehead atoms. The second kappa shape index (κ2) is 3.91. The van der Waals surface area contributed by atoms with E-state index in [2.05, 4.69) is 0 Å². The number of epoxide rings is 1. The molecule has 16 heavy (non-hydrogen) atoms. The number of esters is 1. The van der Waals surface area contributed by atoms with E-state index in [1.165, 1.54) is 0 Å². The van der Waals surface area contributed by atoms with Gasteiger partial charge >= 0.3 is 5.97 Å². The summed E-state index contributed by atoms with van der Waals surface area (Å²) < 4.78 is 10.6. The van der Waals surface area contributed by atoms with Crippen LogP contribution in [-0.4, -0.2) is 18.2 Å². The van der Waals surface area contributed by atoms with E-state index in [1.807, 2.05) is 30.3 Å². The molecule has 1 heterocycles. The number of rotatable bonds is 3. The van der Waals surface area contributed by atoms with Crippen molar-refractivity contribution in [2.24, 2.45) is 5.92 Å². The molecule has 3 rings (SSSR count). The molecule has 3 nitrogen and oxygen atoms in total. The molecule has 0 N–H and O–H groups in total. The van der Waals surface area contributed by atoms with Crippen LogP contribution in [0.15, 0.2) is 30.3 Å². The third-order valence-corrected chi connectivity index (χ3v) is 3.28. The normalized spacial score (nSPS) is 30.9. The number of hydrogen-bond acceptors (Lipinski definition) is 3. The Labute approximate surface area is 94.4 Å². The molecule has 0 spiro atoms. The summed E-state index contributed by atoms with van der Waals surface area (Å²) in [6, 6.07) is 9.77. The Morgan fingerprint density at radius 3 is 2.62 bits per heavy atom. The van der Waals surface area contributed by atoms with Crippen LogP contribution in [0.4, 0.5) is 0 Å². The van der Waals surface area contributed by atoms with E-state index >= 15 is 0 Å². The fourth-order valence-electron chi connectivity index (χ4n) is 2.29. The summed E-state index contributed by atoms with van der Waals surface area (Å²) in [5.74, 6) is -0.00730. The first-order valence-corrected chi connectivity index (χ1v) is 5.69. The summed E-state index contributed by atoms with van der Waals surface area (Å²) in [7, 11) is 0. The van der Waals surface area contributed by atoms with Gasteiger partial charge in [-0.05, 0) is 18.4 Å². The third-order valence-electron chi connectivity index (χ3n) is 3.28. The molecule has 3 atom stereocenters. The van der Waals surface area contributed by atoms with E-state index in [-0.39, 0.29) is 11.9 Å². The summed E-state index contributed by atoms with van der Waals surface area (Å²) in [5.41, 5.74) is 1.04. The van der Waals surface area contributed by atoms with Gasteiger partial charge in [-0.1, -0.05) is 30.3 Å². The summed E-state index contributed by atoms with van der Waals surface area (Å²) >= 11 is 0. The van der Waals surface area contributed by atoms with Gasteiger partial charge in [-0.2, -0.15) is 0 Å². The van der Waals surface area contributed by atoms with E-state index < -0.39 is 0 Å². The van der Waals surface area contributed by atoms with Crippen molar-refractivity contribution in [3.05, 3.63) is 35.9 Å². The average molecular weight is 218 g/mol. The monoisotopic (exact) mass is 218 g/mol. The second-order valence-electron chi connectivity index (χ2n) is 4.47. The molecule has 1 aromatic rings. The minimum Gasteiger partial charge on any atom is -0.461 e. The van der Waals surface area contributed by atoms with Crippen molar-refractivity contribution < 1.29 is 14.3 Å². The molecule has 0 amide bonds. The zero-order valence-electron chi connectivity index (χ0n) is 8.96. The maximum atomic E-state index is 11.7. The minimum absolute atomic E-state index is 0.0625. The predicted molar refractivity (Wildman–Crippen MR) is 57.6 cm³/mol. The fraction of sp³-hybridized carbons (Fsp3) is 0.462. The van der Waals surface area contributed by atoms with E-state index in [1.54, 1.807) is 0 Å². The van der Waals surface area contributed by atoms with Crippen molar-refractivity contribution in [2.45, 2.75) is 31.7 Å². The Bertz CT molecular complexity index is 377. The summed E-state index contributed by atoms with van der Waals surface area (Å²) in [6.07, 6.45) is 2.37. The number of carbonyl (C=O) groups excluding carboxylic acids is 1. The Kier molecular flexibility index (Phi) is 2.40. The number of fused-ring (bicyclic) bond motifs is 1. The lowest BCUT2D eigenvalue weighted by molar-refractivity contribution is -0.150. The van der Waals surface area contributed by atoms with Crippen LogP contribution >= 0.6 is 0 Å². The smallest absolute Gasteiger partial charge is 0.309 e. The molecule has 1 aromatic carbocycles. The van der Waals surface area contributed by atoms with Crippen LogP contribution < -0.4 is 0 Å². The molecule has 1 saturated carbocycles. The van der Waals surface area contributed by atoms with Crippen molar-refractivity contribution in [3.8, 4) is 0 Å². The number of hydrogen-bond donors (Lipinski definition) is 0. The highest BCUT2D eigenvalue weighted by Gasteiger charge is 2.50. The number of carbonyl (C=O) groups is 1. The van der Waals surface area contributed by atoms with Crippen molar-refractivity contribution in [1.29, 1.82) is 0 Å². The van der Waals surface area contributed by atoms with Crippen molar-refractivity contribution in [1.82, 2.24) is 0 Å². The maximum absolute atomic E-state index is 11.7. The zero-order valence-corrected chi connectivity index (χ0v) is 8.96. The van der Waals surface area contributed by atoms with Crippen LogP contribution in [0.25, 0.3) is 0 Å². The largest absolute Gasteiger partial charge is 0.461 e. The van der Waals surface area contributed by atoms with Gasteiger partial charge in [-0.25, -0.2) is 0 Å². The summed E-state index contributed by atoms with van der Waals surface area (Å²) in [4.78, 5) is 11.7. The molecule has 0 unspecified atom stereocenters. The van der Waals surface area contributed by atoms with Crippen molar-refractivity contribution >= 4 is 5.97 Å². The van der Waals surface area contributed by atoms with Gasteiger partial charge in [0, 0.05) is 0 Å². The summed E-state index contributed by atoms with van der Waals surface area (Å²) in [6.45, 7) is 0.381. The first-order chi connectivity index (χ1) is 7.83. The molecule has 0 radical (unpaired) electrons. The molecule has 3 heteroatoms.